The molecule has 8 nitrogen and oxygen atoms in total. The number of pyridine rings is 1. The molecule has 0 bridgehead atoms. The van der Waals surface area contributed by atoms with Gasteiger partial charge in [-0.3, -0.25) is 19.3 Å². The van der Waals surface area contributed by atoms with Gasteiger partial charge in [-0.15, -0.1) is 10.2 Å². The van der Waals surface area contributed by atoms with Crippen LogP contribution in [0.2, 0.25) is 0 Å². The van der Waals surface area contributed by atoms with Crippen molar-refractivity contribution in [3.63, 3.8) is 0 Å². The molecule has 4 rings (SSSR count). The maximum Gasteiger partial charge on any atom is 0.269 e. The monoisotopic (exact) mass is 351 g/mol. The SMILES string of the molecule is O=C(c1ccc([N+](=O)[O-])cc1)N1CCCC(c2nnc3ccccn23)C1. The van der Waals surface area contributed by atoms with Crippen LogP contribution in [0.1, 0.15) is 34.9 Å². The standard InChI is InChI=1S/C18H17N5O3/c24-18(13-6-8-15(9-7-13)23(25)26)21-10-3-4-14(12-21)17-20-19-16-5-1-2-11-22(16)17/h1-2,5-9,11,14H,3-4,10,12H2. The second kappa shape index (κ2) is 6.55. The lowest BCUT2D eigenvalue weighted by atomic mass is 9.96. The number of likely N-dealkylation sites (tertiary alicyclic amines) is 1. The van der Waals surface area contributed by atoms with Gasteiger partial charge in [-0.2, -0.15) is 0 Å². The fourth-order valence-corrected chi connectivity index (χ4v) is 3.42. The molecule has 8 heteroatoms. The third-order valence-corrected chi connectivity index (χ3v) is 4.74. The first-order valence-corrected chi connectivity index (χ1v) is 8.47. The number of benzene rings is 1. The van der Waals surface area contributed by atoms with Crippen LogP contribution in [0.25, 0.3) is 5.65 Å². The summed E-state index contributed by atoms with van der Waals surface area (Å²) < 4.78 is 1.96. The summed E-state index contributed by atoms with van der Waals surface area (Å²) in [7, 11) is 0. The van der Waals surface area contributed by atoms with Gasteiger partial charge in [0.05, 0.1) is 4.92 Å². The van der Waals surface area contributed by atoms with Crippen molar-refractivity contribution in [2.45, 2.75) is 18.8 Å². The summed E-state index contributed by atoms with van der Waals surface area (Å²) in [6.07, 6.45) is 3.76. The zero-order valence-electron chi connectivity index (χ0n) is 14.0. The number of non-ortho nitro benzene ring substituents is 1. The van der Waals surface area contributed by atoms with Crippen LogP contribution in [-0.4, -0.2) is 43.4 Å². The van der Waals surface area contributed by atoms with Crippen LogP contribution in [0.15, 0.2) is 48.7 Å². The molecule has 1 aliphatic rings. The minimum absolute atomic E-state index is 0.0204. The zero-order valence-corrected chi connectivity index (χ0v) is 14.0. The van der Waals surface area contributed by atoms with Gasteiger partial charge in [0.2, 0.25) is 0 Å². The molecule has 3 heterocycles. The summed E-state index contributed by atoms with van der Waals surface area (Å²) in [5.41, 5.74) is 1.23. The molecule has 1 amide bonds. The molecule has 26 heavy (non-hydrogen) atoms. The number of aromatic nitrogens is 3. The summed E-state index contributed by atoms with van der Waals surface area (Å²) in [6.45, 7) is 1.23. The van der Waals surface area contributed by atoms with Crippen LogP contribution in [-0.2, 0) is 0 Å². The third kappa shape index (κ3) is 2.90. The number of amides is 1. The van der Waals surface area contributed by atoms with Gasteiger partial charge < -0.3 is 4.90 Å². The number of nitro groups is 1. The van der Waals surface area contributed by atoms with Gasteiger partial charge in [0.15, 0.2) is 5.65 Å². The minimum atomic E-state index is -0.471. The topological polar surface area (TPSA) is 93.6 Å². The molecule has 0 N–H and O–H groups in total. The molecule has 3 aromatic rings. The smallest absolute Gasteiger partial charge is 0.269 e. The molecule has 132 valence electrons. The van der Waals surface area contributed by atoms with Crippen LogP contribution in [0.4, 0.5) is 5.69 Å². The molecular weight excluding hydrogens is 334 g/mol. The lowest BCUT2D eigenvalue weighted by molar-refractivity contribution is -0.384. The fourth-order valence-electron chi connectivity index (χ4n) is 3.42. The van der Waals surface area contributed by atoms with E-state index in [1.165, 1.54) is 24.3 Å². The van der Waals surface area contributed by atoms with Crippen LogP contribution in [0, 0.1) is 10.1 Å². The second-order valence-corrected chi connectivity index (χ2v) is 6.38. The normalized spacial score (nSPS) is 17.4. The summed E-state index contributed by atoms with van der Waals surface area (Å²) in [5, 5.41) is 19.3. The van der Waals surface area contributed by atoms with Crippen molar-refractivity contribution in [3.05, 3.63) is 70.2 Å². The van der Waals surface area contributed by atoms with Gasteiger partial charge >= 0.3 is 0 Å². The van der Waals surface area contributed by atoms with Gasteiger partial charge in [0.25, 0.3) is 11.6 Å². The molecule has 1 aromatic carbocycles. The first kappa shape index (κ1) is 16.2. The first-order chi connectivity index (χ1) is 12.6. The number of carbonyl (C=O) groups is 1. The molecule has 1 aliphatic heterocycles. The van der Waals surface area contributed by atoms with Gasteiger partial charge in [-0.1, -0.05) is 6.07 Å². The molecule has 1 fully saturated rings. The van der Waals surface area contributed by atoms with Crippen molar-refractivity contribution in [1.82, 2.24) is 19.5 Å². The molecular formula is C18H17N5O3. The molecule has 0 spiro atoms. The van der Waals surface area contributed by atoms with Crippen LogP contribution < -0.4 is 0 Å². The van der Waals surface area contributed by atoms with Crippen LogP contribution >= 0.6 is 0 Å². The van der Waals surface area contributed by atoms with Crippen molar-refractivity contribution in [2.75, 3.05) is 13.1 Å². The lowest BCUT2D eigenvalue weighted by Gasteiger charge is -2.32. The average molecular weight is 351 g/mol. The minimum Gasteiger partial charge on any atom is -0.338 e. The van der Waals surface area contributed by atoms with E-state index in [4.69, 9.17) is 0 Å². The molecule has 0 saturated carbocycles. The molecule has 0 radical (unpaired) electrons. The zero-order chi connectivity index (χ0) is 18.1. The lowest BCUT2D eigenvalue weighted by Crippen LogP contribution is -2.39. The van der Waals surface area contributed by atoms with Crippen molar-refractivity contribution in [1.29, 1.82) is 0 Å². The van der Waals surface area contributed by atoms with E-state index >= 15 is 0 Å². The summed E-state index contributed by atoms with van der Waals surface area (Å²) in [4.78, 5) is 24.9. The Morgan fingerprint density at radius 2 is 1.96 bits per heavy atom. The maximum atomic E-state index is 12.8. The number of piperidine rings is 1. The Hall–Kier alpha value is -3.29. The van der Waals surface area contributed by atoms with Crippen molar-refractivity contribution in [2.24, 2.45) is 0 Å². The van der Waals surface area contributed by atoms with E-state index in [-0.39, 0.29) is 17.5 Å². The van der Waals surface area contributed by atoms with Gasteiger partial charge in [-0.25, -0.2) is 0 Å². The van der Waals surface area contributed by atoms with Crippen LogP contribution in [0.5, 0.6) is 0 Å². The van der Waals surface area contributed by atoms with E-state index in [2.05, 4.69) is 10.2 Å². The number of hydrogen-bond donors (Lipinski definition) is 0. The quantitative estimate of drug-likeness (QED) is 0.534. The Morgan fingerprint density at radius 1 is 1.15 bits per heavy atom. The number of nitrogens with zero attached hydrogens (tertiary/aromatic N) is 5. The highest BCUT2D eigenvalue weighted by molar-refractivity contribution is 5.94. The molecule has 1 atom stereocenters. The van der Waals surface area contributed by atoms with E-state index < -0.39 is 4.92 Å². The van der Waals surface area contributed by atoms with Gasteiger partial charge in [-0.05, 0) is 37.1 Å². The average Bonchev–Trinajstić information content (AvgIpc) is 3.12. The molecule has 0 aliphatic carbocycles. The number of nitro benzene ring substituents is 1. The highest BCUT2D eigenvalue weighted by Crippen LogP contribution is 2.27. The number of fused-ring (bicyclic) bond motifs is 1. The van der Waals surface area contributed by atoms with Crippen LogP contribution in [0.3, 0.4) is 0 Å². The molecule has 1 unspecified atom stereocenters. The van der Waals surface area contributed by atoms with E-state index in [1.54, 1.807) is 4.90 Å². The Labute approximate surface area is 149 Å². The predicted molar refractivity (Wildman–Crippen MR) is 94.0 cm³/mol. The Kier molecular flexibility index (Phi) is 4.08. The molecule has 2 aromatic heterocycles. The maximum absolute atomic E-state index is 12.8. The second-order valence-electron chi connectivity index (χ2n) is 6.38. The third-order valence-electron chi connectivity index (χ3n) is 4.74. The van der Waals surface area contributed by atoms with Gasteiger partial charge in [0.1, 0.15) is 5.82 Å². The largest absolute Gasteiger partial charge is 0.338 e. The summed E-state index contributed by atoms with van der Waals surface area (Å²) in [5.74, 6) is 0.864. The van der Waals surface area contributed by atoms with Crippen molar-refractivity contribution in [3.8, 4) is 0 Å². The number of hydrogen-bond acceptors (Lipinski definition) is 5. The Balaban J connectivity index is 1.54. The summed E-state index contributed by atoms with van der Waals surface area (Å²) in [6, 6.07) is 11.5. The van der Waals surface area contributed by atoms with E-state index in [0.717, 1.165) is 24.3 Å². The first-order valence-electron chi connectivity index (χ1n) is 8.47. The number of rotatable bonds is 3. The Bertz CT molecular complexity index is 966. The van der Waals surface area contributed by atoms with E-state index in [1.807, 2.05) is 28.8 Å². The summed E-state index contributed by atoms with van der Waals surface area (Å²) >= 11 is 0. The number of carbonyl (C=O) groups excluding carboxylic acids is 1. The molecule has 1 saturated heterocycles. The highest BCUT2D eigenvalue weighted by atomic mass is 16.6. The van der Waals surface area contributed by atoms with Crippen molar-refractivity contribution >= 4 is 17.2 Å². The van der Waals surface area contributed by atoms with Crippen molar-refractivity contribution < 1.29 is 9.72 Å². The van der Waals surface area contributed by atoms with E-state index in [9.17, 15) is 14.9 Å². The van der Waals surface area contributed by atoms with Gasteiger partial charge in [0, 0.05) is 42.9 Å². The highest BCUT2D eigenvalue weighted by Gasteiger charge is 2.28. The predicted octanol–water partition coefficient (Wildman–Crippen LogP) is 2.66. The Morgan fingerprint density at radius 3 is 2.73 bits per heavy atom. The fraction of sp³-hybridized carbons (Fsp3) is 0.278. The van der Waals surface area contributed by atoms with E-state index in [0.29, 0.717) is 18.7 Å².